The van der Waals surface area contributed by atoms with Crippen molar-refractivity contribution in [3.8, 4) is 0 Å². The first kappa shape index (κ1) is 13.1. The molecule has 1 aliphatic rings. The maximum Gasteiger partial charge on any atom is 0.0743 e. The number of anilines is 2. The molecule has 0 amide bonds. The fourth-order valence-electron chi connectivity index (χ4n) is 2.39. The lowest BCUT2D eigenvalue weighted by molar-refractivity contribution is 0.668. The number of nitrogens with one attached hydrogen (secondary N) is 1. The van der Waals surface area contributed by atoms with Gasteiger partial charge in [-0.2, -0.15) is 11.8 Å². The van der Waals surface area contributed by atoms with Crippen LogP contribution in [0.2, 0.25) is 0 Å². The summed E-state index contributed by atoms with van der Waals surface area (Å²) in [6, 6.07) is 6.62. The third-order valence-electron chi connectivity index (χ3n) is 3.43. The number of nitrogen functional groups attached to an aromatic ring is 1. The molecule has 0 radical (unpaired) electrons. The summed E-state index contributed by atoms with van der Waals surface area (Å²) in [5.41, 5.74) is 8.84. The van der Waals surface area contributed by atoms with E-state index in [0.29, 0.717) is 6.04 Å². The molecule has 1 aliphatic heterocycles. The van der Waals surface area contributed by atoms with Gasteiger partial charge in [0.05, 0.1) is 23.1 Å². The highest BCUT2D eigenvalue weighted by atomic mass is 79.9. The smallest absolute Gasteiger partial charge is 0.0743 e. The Morgan fingerprint density at radius 1 is 1.32 bits per heavy atom. The lowest BCUT2D eigenvalue weighted by Gasteiger charge is -2.25. The molecule has 3 nitrogen and oxygen atoms in total. The Bertz CT molecular complexity index is 591. The fourth-order valence-corrected chi connectivity index (χ4v) is 3.85. The Kier molecular flexibility index (Phi) is 3.84. The van der Waals surface area contributed by atoms with Gasteiger partial charge in [0.15, 0.2) is 0 Å². The highest BCUT2D eigenvalue weighted by molar-refractivity contribution is 9.10. The number of hydrogen-bond donors (Lipinski definition) is 2. The van der Waals surface area contributed by atoms with Gasteiger partial charge >= 0.3 is 0 Å². The van der Waals surface area contributed by atoms with Crippen molar-refractivity contribution in [1.29, 1.82) is 0 Å². The van der Waals surface area contributed by atoms with Crippen LogP contribution in [0.3, 0.4) is 0 Å². The third-order valence-corrected chi connectivity index (χ3v) is 4.97. The molecular formula is C14H16BrN3S. The average Bonchev–Trinajstić information content (AvgIpc) is 2.43. The highest BCUT2D eigenvalue weighted by Gasteiger charge is 2.16. The number of hydrogen-bond acceptors (Lipinski definition) is 4. The molecule has 1 saturated heterocycles. The minimum absolute atomic E-state index is 0.521. The van der Waals surface area contributed by atoms with Crippen molar-refractivity contribution >= 4 is 50.0 Å². The minimum atomic E-state index is 0.521. The van der Waals surface area contributed by atoms with Crippen LogP contribution < -0.4 is 11.1 Å². The number of benzene rings is 1. The summed E-state index contributed by atoms with van der Waals surface area (Å²) in [5.74, 6) is 2.45. The summed E-state index contributed by atoms with van der Waals surface area (Å²) in [5, 5.41) is 4.71. The molecule has 0 spiro atoms. The molecule has 100 valence electrons. The zero-order chi connectivity index (χ0) is 13.2. The van der Waals surface area contributed by atoms with Gasteiger partial charge in [-0.1, -0.05) is 15.9 Å². The number of fused-ring (bicyclic) bond motifs is 1. The van der Waals surface area contributed by atoms with Crippen molar-refractivity contribution in [2.75, 3.05) is 22.6 Å². The van der Waals surface area contributed by atoms with Crippen LogP contribution in [0.15, 0.2) is 28.9 Å². The summed E-state index contributed by atoms with van der Waals surface area (Å²) in [6.45, 7) is 0. The van der Waals surface area contributed by atoms with Gasteiger partial charge in [-0.05, 0) is 42.5 Å². The summed E-state index contributed by atoms with van der Waals surface area (Å²) in [7, 11) is 0. The SMILES string of the molecule is Nc1cnc2ccc(Br)cc2c1NC1CCSCC1. The highest BCUT2D eigenvalue weighted by Crippen LogP contribution is 2.32. The summed E-state index contributed by atoms with van der Waals surface area (Å²) in [4.78, 5) is 4.39. The first-order valence-corrected chi connectivity index (χ1v) is 8.37. The largest absolute Gasteiger partial charge is 0.396 e. The summed E-state index contributed by atoms with van der Waals surface area (Å²) in [6.07, 6.45) is 4.14. The monoisotopic (exact) mass is 337 g/mol. The van der Waals surface area contributed by atoms with Crippen LogP contribution >= 0.6 is 27.7 Å². The van der Waals surface area contributed by atoms with Crippen LogP contribution in [-0.4, -0.2) is 22.5 Å². The van der Waals surface area contributed by atoms with Gasteiger partial charge in [0.2, 0.25) is 0 Å². The van der Waals surface area contributed by atoms with Crippen molar-refractivity contribution in [1.82, 2.24) is 4.98 Å². The average molecular weight is 338 g/mol. The molecule has 0 atom stereocenters. The van der Waals surface area contributed by atoms with E-state index in [4.69, 9.17) is 5.73 Å². The Balaban J connectivity index is 2.00. The van der Waals surface area contributed by atoms with Crippen molar-refractivity contribution in [2.24, 2.45) is 0 Å². The zero-order valence-electron chi connectivity index (χ0n) is 10.5. The van der Waals surface area contributed by atoms with E-state index in [9.17, 15) is 0 Å². The van der Waals surface area contributed by atoms with E-state index >= 15 is 0 Å². The minimum Gasteiger partial charge on any atom is -0.396 e. The molecule has 0 bridgehead atoms. The van der Waals surface area contributed by atoms with Gasteiger partial charge in [0.1, 0.15) is 0 Å². The van der Waals surface area contributed by atoms with Crippen molar-refractivity contribution < 1.29 is 0 Å². The van der Waals surface area contributed by atoms with Gasteiger partial charge in [0.25, 0.3) is 0 Å². The molecule has 0 aliphatic carbocycles. The molecule has 0 unspecified atom stereocenters. The van der Waals surface area contributed by atoms with Gasteiger partial charge in [-0.3, -0.25) is 4.98 Å². The molecule has 5 heteroatoms. The standard InChI is InChI=1S/C14H16BrN3S/c15-9-1-2-13-11(7-9)14(12(16)8-17-13)18-10-3-5-19-6-4-10/h1-2,7-8,10H,3-6,16H2,(H,17,18). The summed E-state index contributed by atoms with van der Waals surface area (Å²) < 4.78 is 1.05. The second-order valence-electron chi connectivity index (χ2n) is 4.78. The van der Waals surface area contributed by atoms with Crippen LogP contribution in [0.1, 0.15) is 12.8 Å². The van der Waals surface area contributed by atoms with E-state index in [0.717, 1.165) is 26.8 Å². The Morgan fingerprint density at radius 2 is 2.11 bits per heavy atom. The third kappa shape index (κ3) is 2.82. The van der Waals surface area contributed by atoms with Crippen LogP contribution in [0, 0.1) is 0 Å². The second kappa shape index (κ2) is 5.59. The van der Waals surface area contributed by atoms with Crippen molar-refractivity contribution in [3.05, 3.63) is 28.9 Å². The lowest BCUT2D eigenvalue weighted by Crippen LogP contribution is -2.25. The topological polar surface area (TPSA) is 50.9 Å². The Labute approximate surface area is 125 Å². The maximum absolute atomic E-state index is 6.11. The Morgan fingerprint density at radius 3 is 2.89 bits per heavy atom. The van der Waals surface area contributed by atoms with Gasteiger partial charge in [-0.25, -0.2) is 0 Å². The van der Waals surface area contributed by atoms with E-state index in [2.05, 4.69) is 32.3 Å². The van der Waals surface area contributed by atoms with Gasteiger partial charge in [-0.15, -0.1) is 0 Å². The first-order chi connectivity index (χ1) is 9.24. The number of pyridine rings is 1. The van der Waals surface area contributed by atoms with E-state index in [1.807, 2.05) is 23.9 Å². The number of thioether (sulfide) groups is 1. The molecule has 2 aromatic rings. The van der Waals surface area contributed by atoms with Crippen LogP contribution in [-0.2, 0) is 0 Å². The van der Waals surface area contributed by atoms with E-state index < -0.39 is 0 Å². The fraction of sp³-hybridized carbons (Fsp3) is 0.357. The lowest BCUT2D eigenvalue weighted by atomic mass is 10.1. The zero-order valence-corrected chi connectivity index (χ0v) is 12.9. The number of aromatic nitrogens is 1. The molecule has 0 saturated carbocycles. The van der Waals surface area contributed by atoms with E-state index in [1.54, 1.807) is 6.20 Å². The van der Waals surface area contributed by atoms with E-state index in [1.165, 1.54) is 24.3 Å². The molecule has 1 fully saturated rings. The van der Waals surface area contributed by atoms with E-state index in [-0.39, 0.29) is 0 Å². The van der Waals surface area contributed by atoms with Crippen LogP contribution in [0.5, 0.6) is 0 Å². The predicted molar refractivity (Wildman–Crippen MR) is 87.8 cm³/mol. The molecule has 1 aromatic carbocycles. The number of nitrogens with two attached hydrogens (primary N) is 1. The second-order valence-corrected chi connectivity index (χ2v) is 6.92. The van der Waals surface area contributed by atoms with Crippen LogP contribution in [0.25, 0.3) is 10.9 Å². The molecule has 19 heavy (non-hydrogen) atoms. The van der Waals surface area contributed by atoms with Gasteiger partial charge in [0, 0.05) is 15.9 Å². The number of halogens is 1. The summed E-state index contributed by atoms with van der Waals surface area (Å²) >= 11 is 5.55. The normalized spacial score (nSPS) is 16.7. The van der Waals surface area contributed by atoms with Gasteiger partial charge < -0.3 is 11.1 Å². The Hall–Kier alpha value is -0.940. The molecule has 1 aromatic heterocycles. The van der Waals surface area contributed by atoms with Crippen molar-refractivity contribution in [3.63, 3.8) is 0 Å². The maximum atomic E-state index is 6.11. The molecule has 3 N–H and O–H groups in total. The molecule has 3 rings (SSSR count). The number of rotatable bonds is 2. The predicted octanol–water partition coefficient (Wildman–Crippen LogP) is 3.89. The molecular weight excluding hydrogens is 322 g/mol. The van der Waals surface area contributed by atoms with Crippen LogP contribution in [0.4, 0.5) is 11.4 Å². The molecule has 2 heterocycles. The number of nitrogens with zero attached hydrogens (tertiary/aromatic N) is 1. The quantitative estimate of drug-likeness (QED) is 0.872. The first-order valence-electron chi connectivity index (χ1n) is 6.42. The van der Waals surface area contributed by atoms with Crippen molar-refractivity contribution in [2.45, 2.75) is 18.9 Å².